The molecule has 0 atom stereocenters. The van der Waals surface area contributed by atoms with Crippen molar-refractivity contribution < 1.29 is 93.8 Å². The number of hydrogen-bond donors (Lipinski definition) is 6. The van der Waals surface area contributed by atoms with Crippen molar-refractivity contribution in [2.75, 3.05) is 37.9 Å². The maximum Gasteiger partial charge on any atom is 0.336 e. The fourth-order valence-electron chi connectivity index (χ4n) is 13.1. The predicted octanol–water partition coefficient (Wildman–Crippen LogP) is 15.4. The van der Waals surface area contributed by atoms with Crippen LogP contribution in [0.25, 0.3) is 104 Å². The molecule has 9 aromatic heterocycles. The Hall–Kier alpha value is -17.4. The summed E-state index contributed by atoms with van der Waals surface area (Å²) >= 11 is 3.37. The van der Waals surface area contributed by atoms with Crippen molar-refractivity contribution in [1.82, 2.24) is 0 Å². The summed E-state index contributed by atoms with van der Waals surface area (Å²) in [6, 6.07) is 69.0. The van der Waals surface area contributed by atoms with Crippen molar-refractivity contribution >= 4 is 156 Å². The predicted molar refractivity (Wildman–Crippen MR) is 510 cm³/mol. The molecule has 0 aliphatic heterocycles. The van der Waals surface area contributed by atoms with Gasteiger partial charge in [0.25, 0.3) is 5.69 Å². The molecule has 18 rings (SSSR count). The molecule has 0 aliphatic rings. The molecule has 136 heavy (non-hydrogen) atoms. The van der Waals surface area contributed by atoms with Crippen LogP contribution in [0, 0.1) is 23.6 Å². The third-order valence-electron chi connectivity index (χ3n) is 19.4. The first-order chi connectivity index (χ1) is 65.2. The van der Waals surface area contributed by atoms with Gasteiger partial charge in [0.1, 0.15) is 50.2 Å². The Labute approximate surface area is 774 Å². The van der Waals surface area contributed by atoms with Gasteiger partial charge in [-0.25, -0.2) is 49.7 Å². The molecule has 0 aliphatic carbocycles. The first-order valence-corrected chi connectivity index (χ1v) is 42.1. The number of aliphatic hydroxyl groups excluding tert-OH is 2. The third kappa shape index (κ3) is 30.1. The number of aliphatic hydroxyl groups is 2. The van der Waals surface area contributed by atoms with Crippen LogP contribution in [0.15, 0.2) is 338 Å². The van der Waals surface area contributed by atoms with E-state index in [0.717, 1.165) is 71.5 Å². The summed E-state index contributed by atoms with van der Waals surface area (Å²) in [5.41, 5.74) is 21.6. The number of aliphatic carboxylic acids is 2. The van der Waals surface area contributed by atoms with Gasteiger partial charge in [-0.15, -0.1) is 0 Å². The normalized spacial score (nSPS) is 10.4. The number of aryl methyl sites for hydroxylation is 1. The highest BCUT2D eigenvalue weighted by molar-refractivity contribution is 9.08. The van der Waals surface area contributed by atoms with Gasteiger partial charge < -0.3 is 86.0 Å². The number of ether oxygens (including phenoxy) is 2. The number of nitro groups is 1. The zero-order valence-corrected chi connectivity index (χ0v) is 74.2. The first kappa shape index (κ1) is 101. The van der Waals surface area contributed by atoms with Crippen molar-refractivity contribution in [1.29, 1.82) is 0 Å². The Kier molecular flexibility index (Phi) is 36.3. The topological polar surface area (TPSA) is 539 Å². The van der Waals surface area contributed by atoms with Crippen molar-refractivity contribution in [3.63, 3.8) is 0 Å². The highest BCUT2D eigenvalue weighted by atomic mass is 79.9. The molecule has 9 aromatic carbocycles. The number of nitrogens with two attached hydrogens (primary N) is 2. The van der Waals surface area contributed by atoms with E-state index in [4.69, 9.17) is 87.7 Å². The number of halogens is 1. The minimum Gasteiger partial charge on any atom is -0.481 e. The summed E-state index contributed by atoms with van der Waals surface area (Å²) in [4.78, 5) is 155. The smallest absolute Gasteiger partial charge is 0.336 e. The van der Waals surface area contributed by atoms with Crippen molar-refractivity contribution in [3.05, 3.63) is 420 Å². The SMILES string of the molecule is CC(=O)OCCc1ccc2oc(=O)ccc2c1N.CC(=O)OCCc1ccc2oc(=O)ccc2c1[N+](=O)[O-].Cc1ccc2oc(=O)ccc2c1.Nc1c(CCO)ccc2oc(=O)ccc12.O=C(O)Cc1ccc2oc(=O)ccc2c1.O=C(O)Cc1ccc2oc(=O)ccc2c1.O=c1ccc2cc(CBr)ccc2o1.O=c1ccc2cc(CCO)ccc2o1.[C-]#[N+]Cc1ccc2oc(=O)ccc2c1. The monoisotopic (exact) mass is 1910 g/mol. The molecule has 0 radical (unpaired) electrons. The molecule has 18 aromatic rings. The van der Waals surface area contributed by atoms with E-state index >= 15 is 0 Å². The number of nitro benzene ring substituents is 1. The van der Waals surface area contributed by atoms with Crippen LogP contribution in [-0.4, -0.2) is 75.7 Å². The second kappa shape index (κ2) is 49.0. The quantitative estimate of drug-likeness (QED) is 0.00937. The largest absolute Gasteiger partial charge is 0.481 e. The number of carboxylic acid groups (broad SMARTS) is 2. The van der Waals surface area contributed by atoms with Crippen LogP contribution in [0.1, 0.15) is 63.9 Å². The van der Waals surface area contributed by atoms with Crippen LogP contribution in [0.3, 0.4) is 0 Å². The van der Waals surface area contributed by atoms with Crippen LogP contribution in [0.4, 0.5) is 17.1 Å². The molecule has 34 nitrogen and oxygen atoms in total. The molecule has 694 valence electrons. The zero-order valence-electron chi connectivity index (χ0n) is 72.6. The van der Waals surface area contributed by atoms with Crippen LogP contribution < -0.4 is 62.1 Å². The number of anilines is 2. The molecule has 0 amide bonds. The minimum atomic E-state index is -0.883. The number of carboxylic acids is 2. The van der Waals surface area contributed by atoms with Gasteiger partial charge in [0, 0.05) is 165 Å². The molecule has 35 heteroatoms. The zero-order chi connectivity index (χ0) is 98.1. The molecular formula is C101H83BrN4O30. The average Bonchev–Trinajstić information content (AvgIpc) is 0.761. The Bertz CT molecular complexity index is 7950. The molecule has 0 unspecified atom stereocenters. The molecule has 0 bridgehead atoms. The number of esters is 2. The summed E-state index contributed by atoms with van der Waals surface area (Å²) in [7, 11) is 0. The number of carbonyl (C=O) groups is 4. The Balaban J connectivity index is 0.000000159. The lowest BCUT2D eigenvalue weighted by molar-refractivity contribution is -0.383. The van der Waals surface area contributed by atoms with Crippen LogP contribution in [0.2, 0.25) is 0 Å². The van der Waals surface area contributed by atoms with Gasteiger partial charge in [-0.05, 0) is 211 Å². The van der Waals surface area contributed by atoms with E-state index in [2.05, 4.69) is 20.8 Å². The van der Waals surface area contributed by atoms with Crippen LogP contribution in [-0.2, 0) is 79.1 Å². The lowest BCUT2D eigenvalue weighted by atomic mass is 10.1. The number of fused-ring (bicyclic) bond motifs is 9. The standard InChI is InChI=1S/C13H11NO6.C13H13NO4.C11H11NO3.C11H7NO2.2C11H8O4.C11H10O3.C10H7BrO2.C10H8O2/c1-8(15)19-7-6-9-2-4-11-10(13(9)14(17)18)3-5-12(16)20-11;1-8(15)17-7-6-9-2-4-11-10(13(9)14)3-5-12(16)18-11;12-11-7(5-6-13)1-3-9-8(11)2-4-10(14)15-9;1-12-7-8-2-4-10-9(6-8)3-5-11(13)14-10;2*12-10(13)6-7-1-3-9-8(5-7)2-4-11(14)15-9;12-6-5-8-1-3-10-9(7-8)2-4-11(13)14-10;11-6-7-1-3-9-8(5-7)2-4-10(12)13-9;1-7-2-4-9-8(6-7)3-5-10(11)12-9/h2-5H,6-7H2,1H3;2-5H,6-7,14H2,1H3;1-4,13H,5-6,12H2;2-6H,7H2;2*1-5H,6H2,(H,12,13);1-4,7,12H,5-6H2;1-5H,6H2;2-6H,1H3. The maximum atomic E-state index is 11.2. The van der Waals surface area contributed by atoms with Gasteiger partial charge in [-0.2, -0.15) is 0 Å². The molecule has 0 saturated carbocycles. The highest BCUT2D eigenvalue weighted by Gasteiger charge is 2.21. The average molecular weight is 1910 g/mol. The molecule has 0 saturated heterocycles. The molecule has 0 spiro atoms. The lowest BCUT2D eigenvalue weighted by Crippen LogP contribution is -2.06. The van der Waals surface area contributed by atoms with E-state index in [1.165, 1.54) is 86.1 Å². The van der Waals surface area contributed by atoms with Gasteiger partial charge in [-0.3, -0.25) is 29.3 Å². The number of rotatable bonds is 17. The van der Waals surface area contributed by atoms with Crippen molar-refractivity contribution in [2.45, 2.75) is 71.2 Å². The van der Waals surface area contributed by atoms with Crippen LogP contribution in [0.5, 0.6) is 0 Å². The Morgan fingerprint density at radius 3 is 0.993 bits per heavy atom. The van der Waals surface area contributed by atoms with E-state index < -0.39 is 51.0 Å². The number of nitrogens with zero attached hydrogens (tertiary/aromatic N) is 2. The van der Waals surface area contributed by atoms with E-state index in [1.807, 2.05) is 61.5 Å². The minimum absolute atomic E-state index is 0.0327. The van der Waals surface area contributed by atoms with E-state index in [1.54, 1.807) is 127 Å². The molecule has 0 fully saturated rings. The van der Waals surface area contributed by atoms with Gasteiger partial charge in [0.2, 0.25) is 6.54 Å². The summed E-state index contributed by atoms with van der Waals surface area (Å²) < 4.78 is 54.3. The first-order valence-electron chi connectivity index (χ1n) is 41.0. The van der Waals surface area contributed by atoms with Gasteiger partial charge in [0.15, 0.2) is 0 Å². The number of carbonyl (C=O) groups excluding carboxylic acids is 2. The second-order valence-corrected chi connectivity index (χ2v) is 29.8. The lowest BCUT2D eigenvalue weighted by Gasteiger charge is -2.08. The van der Waals surface area contributed by atoms with Crippen LogP contribution >= 0.6 is 15.9 Å². The van der Waals surface area contributed by atoms with Gasteiger partial charge in [-0.1, -0.05) is 64.0 Å². The van der Waals surface area contributed by atoms with E-state index in [0.29, 0.717) is 109 Å². The summed E-state index contributed by atoms with van der Waals surface area (Å²) in [5, 5.41) is 53.6. The number of benzene rings is 9. The van der Waals surface area contributed by atoms with E-state index in [9.17, 15) is 72.4 Å². The summed E-state index contributed by atoms with van der Waals surface area (Å²) in [6.07, 6.45) is 1.80. The fourth-order valence-corrected chi connectivity index (χ4v) is 13.5. The molecule has 8 N–H and O–H groups in total. The van der Waals surface area contributed by atoms with E-state index in [-0.39, 0.29) is 90.8 Å². The number of nitrogen functional groups attached to an aromatic ring is 2. The van der Waals surface area contributed by atoms with Gasteiger partial charge in [0.05, 0.1) is 36.4 Å². The van der Waals surface area contributed by atoms with Gasteiger partial charge >= 0.3 is 74.5 Å². The number of hydrogen-bond acceptors (Lipinski definition) is 30. The molecular weight excluding hydrogens is 1830 g/mol. The maximum absolute atomic E-state index is 11.2. The summed E-state index contributed by atoms with van der Waals surface area (Å²) in [6.45, 7) is 12.2. The van der Waals surface area contributed by atoms with Crippen molar-refractivity contribution in [3.8, 4) is 0 Å². The summed E-state index contributed by atoms with van der Waals surface area (Å²) in [5.74, 6) is -2.53. The highest BCUT2D eigenvalue weighted by Crippen LogP contribution is 2.31. The van der Waals surface area contributed by atoms with Crippen molar-refractivity contribution in [2.24, 2.45) is 0 Å². The second-order valence-electron chi connectivity index (χ2n) is 29.3. The third-order valence-corrected chi connectivity index (χ3v) is 20.0. The number of alkyl halides is 1. The fraction of sp³-hybridized carbons (Fsp3) is 0.149. The Morgan fingerprint density at radius 1 is 0.360 bits per heavy atom. The molecule has 9 heterocycles. The Morgan fingerprint density at radius 2 is 0.640 bits per heavy atom.